The van der Waals surface area contributed by atoms with E-state index in [1.807, 2.05) is 37.3 Å². The molecule has 0 bridgehead atoms. The predicted octanol–water partition coefficient (Wildman–Crippen LogP) is 4.82. The minimum absolute atomic E-state index is 0.0516. The number of nitrogens with zero attached hydrogens (tertiary/aromatic N) is 1. The molecule has 0 unspecified atom stereocenters. The van der Waals surface area contributed by atoms with E-state index in [1.165, 1.54) is 0 Å². The van der Waals surface area contributed by atoms with Crippen molar-refractivity contribution in [2.24, 2.45) is 0 Å². The van der Waals surface area contributed by atoms with Crippen LogP contribution in [0.15, 0.2) is 48.5 Å². The Bertz CT molecular complexity index is 1220. The topological polar surface area (TPSA) is 88.2 Å². The molecule has 6 nitrogen and oxygen atoms in total. The maximum Gasteiger partial charge on any atom is 0.256 e. The molecule has 0 radical (unpaired) electrons. The van der Waals surface area contributed by atoms with Crippen molar-refractivity contribution < 1.29 is 13.2 Å². The molecule has 0 saturated heterocycles. The molecule has 4 rings (SSSR count). The zero-order chi connectivity index (χ0) is 21.3. The molecule has 0 spiro atoms. The van der Waals surface area contributed by atoms with E-state index in [1.54, 1.807) is 25.1 Å². The normalized spacial score (nSPS) is 13.9. The van der Waals surface area contributed by atoms with Gasteiger partial charge in [0.2, 0.25) is 10.0 Å². The minimum Gasteiger partial charge on any atom is -0.322 e. The first-order valence-electron chi connectivity index (χ1n) is 10.2. The van der Waals surface area contributed by atoms with Gasteiger partial charge in [-0.05, 0) is 56.0 Å². The Morgan fingerprint density at radius 1 is 1.10 bits per heavy atom. The van der Waals surface area contributed by atoms with Crippen molar-refractivity contribution in [3.8, 4) is 0 Å². The molecular formula is C23H25N3O3S. The summed E-state index contributed by atoms with van der Waals surface area (Å²) in [6.45, 7) is 3.61. The van der Waals surface area contributed by atoms with Crippen LogP contribution in [-0.4, -0.2) is 25.1 Å². The number of nitrogens with one attached hydrogen (secondary N) is 2. The summed E-state index contributed by atoms with van der Waals surface area (Å²) in [5.74, 6) is 0.252. The van der Waals surface area contributed by atoms with Crippen LogP contribution in [0.4, 0.5) is 11.4 Å². The Morgan fingerprint density at radius 3 is 2.57 bits per heavy atom. The van der Waals surface area contributed by atoms with Crippen LogP contribution in [0.25, 0.3) is 10.9 Å². The van der Waals surface area contributed by atoms with Gasteiger partial charge in [-0.25, -0.2) is 8.42 Å². The fourth-order valence-corrected chi connectivity index (χ4v) is 4.73. The number of rotatable bonds is 7. The van der Waals surface area contributed by atoms with Crippen LogP contribution in [-0.2, 0) is 10.0 Å². The molecule has 1 saturated carbocycles. The van der Waals surface area contributed by atoms with Crippen LogP contribution >= 0.6 is 0 Å². The Balaban J connectivity index is 1.66. The molecule has 156 valence electrons. The van der Waals surface area contributed by atoms with Gasteiger partial charge in [-0.15, -0.1) is 0 Å². The SMILES string of the molecule is CCCS(=O)(=O)Nc1cccc(NC(=O)c2cc(C3CC3)nc3ccccc23)c1C. The highest BCUT2D eigenvalue weighted by molar-refractivity contribution is 7.92. The Hall–Kier alpha value is -2.93. The smallest absolute Gasteiger partial charge is 0.256 e. The molecule has 2 N–H and O–H groups in total. The lowest BCUT2D eigenvalue weighted by atomic mass is 10.0. The summed E-state index contributed by atoms with van der Waals surface area (Å²) in [4.78, 5) is 17.9. The van der Waals surface area contributed by atoms with Crippen molar-refractivity contribution >= 4 is 38.2 Å². The number of para-hydroxylation sites is 1. The average Bonchev–Trinajstić information content (AvgIpc) is 3.55. The Labute approximate surface area is 176 Å². The van der Waals surface area contributed by atoms with Crippen LogP contribution in [0, 0.1) is 6.92 Å². The maximum atomic E-state index is 13.2. The van der Waals surface area contributed by atoms with E-state index < -0.39 is 10.0 Å². The number of fused-ring (bicyclic) bond motifs is 1. The van der Waals surface area contributed by atoms with Crippen molar-refractivity contribution in [3.05, 3.63) is 65.4 Å². The van der Waals surface area contributed by atoms with Crippen molar-refractivity contribution in [1.29, 1.82) is 0 Å². The summed E-state index contributed by atoms with van der Waals surface area (Å²) in [5.41, 5.74) is 4.07. The van der Waals surface area contributed by atoms with Gasteiger partial charge in [-0.1, -0.05) is 31.2 Å². The monoisotopic (exact) mass is 423 g/mol. The van der Waals surface area contributed by atoms with Gasteiger partial charge < -0.3 is 5.32 Å². The van der Waals surface area contributed by atoms with Gasteiger partial charge in [-0.3, -0.25) is 14.5 Å². The summed E-state index contributed by atoms with van der Waals surface area (Å²) in [5, 5.41) is 3.76. The van der Waals surface area contributed by atoms with Gasteiger partial charge >= 0.3 is 0 Å². The highest BCUT2D eigenvalue weighted by atomic mass is 32.2. The molecule has 7 heteroatoms. The molecule has 1 amide bonds. The van der Waals surface area contributed by atoms with Crippen LogP contribution in [0.2, 0.25) is 0 Å². The van der Waals surface area contributed by atoms with E-state index in [0.29, 0.717) is 34.8 Å². The predicted molar refractivity (Wildman–Crippen MR) is 121 cm³/mol. The summed E-state index contributed by atoms with van der Waals surface area (Å²) in [6, 6.07) is 14.7. The quantitative estimate of drug-likeness (QED) is 0.570. The molecule has 1 aliphatic carbocycles. The van der Waals surface area contributed by atoms with E-state index in [9.17, 15) is 13.2 Å². The standard InChI is InChI=1S/C23H25N3O3S/c1-3-13-30(28,29)26-20-10-6-9-19(15(20)2)25-23(27)18-14-22(16-11-12-16)24-21-8-5-4-7-17(18)21/h4-10,14,16,26H,3,11-13H2,1-2H3,(H,25,27). The van der Waals surface area contributed by atoms with Crippen molar-refractivity contribution in [3.63, 3.8) is 0 Å². The summed E-state index contributed by atoms with van der Waals surface area (Å²) < 4.78 is 26.9. The van der Waals surface area contributed by atoms with Crippen LogP contribution in [0.5, 0.6) is 0 Å². The zero-order valence-electron chi connectivity index (χ0n) is 17.1. The number of amides is 1. The Morgan fingerprint density at radius 2 is 1.83 bits per heavy atom. The van der Waals surface area contributed by atoms with Gasteiger partial charge in [0, 0.05) is 22.7 Å². The van der Waals surface area contributed by atoms with Crippen molar-refractivity contribution in [2.45, 2.75) is 39.0 Å². The zero-order valence-corrected chi connectivity index (χ0v) is 17.9. The lowest BCUT2D eigenvalue weighted by molar-refractivity contribution is 0.102. The molecule has 1 aliphatic rings. The third-order valence-corrected chi connectivity index (χ3v) is 6.77. The van der Waals surface area contributed by atoms with E-state index in [4.69, 9.17) is 4.98 Å². The third kappa shape index (κ3) is 4.31. The summed E-state index contributed by atoms with van der Waals surface area (Å²) in [7, 11) is -3.41. The number of benzene rings is 2. The number of aromatic nitrogens is 1. The lowest BCUT2D eigenvalue weighted by Gasteiger charge is -2.15. The largest absolute Gasteiger partial charge is 0.322 e. The molecule has 30 heavy (non-hydrogen) atoms. The number of anilines is 2. The molecule has 0 aliphatic heterocycles. The minimum atomic E-state index is -3.41. The average molecular weight is 424 g/mol. The maximum absolute atomic E-state index is 13.2. The summed E-state index contributed by atoms with van der Waals surface area (Å²) in [6.07, 6.45) is 2.74. The van der Waals surface area contributed by atoms with Crippen LogP contribution in [0.3, 0.4) is 0 Å². The number of carbonyl (C=O) groups is 1. The first-order chi connectivity index (χ1) is 14.4. The molecule has 0 atom stereocenters. The highest BCUT2D eigenvalue weighted by Gasteiger charge is 2.27. The molecule has 1 heterocycles. The Kier molecular flexibility index (Phi) is 5.47. The number of hydrogen-bond donors (Lipinski definition) is 2. The summed E-state index contributed by atoms with van der Waals surface area (Å²) >= 11 is 0. The number of pyridine rings is 1. The van der Waals surface area contributed by atoms with Gasteiger partial charge in [-0.2, -0.15) is 0 Å². The molecule has 2 aromatic carbocycles. The second-order valence-corrected chi connectivity index (χ2v) is 9.58. The van der Waals surface area contributed by atoms with Gasteiger partial charge in [0.25, 0.3) is 5.91 Å². The highest BCUT2D eigenvalue weighted by Crippen LogP contribution is 2.40. The van der Waals surface area contributed by atoms with E-state index in [0.717, 1.165) is 29.4 Å². The molecule has 1 fully saturated rings. The fraction of sp³-hybridized carbons (Fsp3) is 0.304. The molecule has 3 aromatic rings. The fourth-order valence-electron chi connectivity index (χ4n) is 3.53. The van der Waals surface area contributed by atoms with Crippen LogP contribution in [0.1, 0.15) is 53.7 Å². The number of carbonyl (C=O) groups excluding carboxylic acids is 1. The van der Waals surface area contributed by atoms with Gasteiger partial charge in [0.15, 0.2) is 0 Å². The first kappa shape index (κ1) is 20.3. The van der Waals surface area contributed by atoms with Gasteiger partial charge in [0.05, 0.1) is 22.5 Å². The second kappa shape index (κ2) is 8.07. The molecular weight excluding hydrogens is 398 g/mol. The van der Waals surface area contributed by atoms with Crippen molar-refractivity contribution in [2.75, 3.05) is 15.8 Å². The van der Waals surface area contributed by atoms with E-state index >= 15 is 0 Å². The van der Waals surface area contributed by atoms with E-state index in [2.05, 4.69) is 10.0 Å². The van der Waals surface area contributed by atoms with E-state index in [-0.39, 0.29) is 11.7 Å². The lowest BCUT2D eigenvalue weighted by Crippen LogP contribution is -2.18. The number of hydrogen-bond acceptors (Lipinski definition) is 4. The number of sulfonamides is 1. The van der Waals surface area contributed by atoms with Crippen molar-refractivity contribution in [1.82, 2.24) is 4.98 Å². The third-order valence-electron chi connectivity index (χ3n) is 5.30. The van der Waals surface area contributed by atoms with Gasteiger partial charge in [0.1, 0.15) is 0 Å². The van der Waals surface area contributed by atoms with Crippen LogP contribution < -0.4 is 10.0 Å². The second-order valence-electron chi connectivity index (χ2n) is 7.74. The first-order valence-corrected chi connectivity index (χ1v) is 11.8. The molecule has 1 aromatic heterocycles.